The molecule has 1 aliphatic rings. The van der Waals surface area contributed by atoms with E-state index in [1.165, 1.54) is 0 Å². The first-order valence-electron chi connectivity index (χ1n) is 11.8. The van der Waals surface area contributed by atoms with Crippen LogP contribution in [0.5, 0.6) is 11.5 Å². The first kappa shape index (κ1) is 28.9. The van der Waals surface area contributed by atoms with Crippen LogP contribution in [0.3, 0.4) is 0 Å². The van der Waals surface area contributed by atoms with Crippen molar-refractivity contribution in [3.8, 4) is 11.5 Å². The minimum Gasteiger partial charge on any atom is -0.490 e. The number of rotatable bonds is 10. The molecule has 0 saturated carbocycles. The van der Waals surface area contributed by atoms with Crippen molar-refractivity contribution in [2.75, 3.05) is 24.7 Å². The number of nitrogens with one attached hydrogen (secondary N) is 1. The number of anilines is 1. The van der Waals surface area contributed by atoms with Crippen molar-refractivity contribution in [1.82, 2.24) is 4.90 Å². The lowest BCUT2D eigenvalue weighted by Gasteiger charge is -2.13. The van der Waals surface area contributed by atoms with Gasteiger partial charge in [0.15, 0.2) is 11.5 Å². The van der Waals surface area contributed by atoms with E-state index in [1.54, 1.807) is 54.2 Å². The maximum Gasteiger partial charge on any atom is 0.294 e. The second kappa shape index (κ2) is 13.3. The van der Waals surface area contributed by atoms with Gasteiger partial charge in [-0.15, -0.1) is 11.8 Å². The molecule has 3 aromatic carbocycles. The summed E-state index contributed by atoms with van der Waals surface area (Å²) >= 11 is 14.4. The summed E-state index contributed by atoms with van der Waals surface area (Å²) in [6.45, 7) is 2.12. The summed E-state index contributed by atoms with van der Waals surface area (Å²) in [5.74, 6) is 0.00242. The Morgan fingerprint density at radius 2 is 1.85 bits per heavy atom. The summed E-state index contributed by atoms with van der Waals surface area (Å²) in [5, 5.41) is 3.13. The van der Waals surface area contributed by atoms with E-state index in [1.807, 2.05) is 37.4 Å². The van der Waals surface area contributed by atoms with Crippen molar-refractivity contribution < 1.29 is 23.9 Å². The van der Waals surface area contributed by atoms with Gasteiger partial charge < -0.3 is 14.8 Å². The number of carbonyl (C=O) groups excluding carboxylic acids is 3. The molecule has 3 aromatic rings. The predicted octanol–water partition coefficient (Wildman–Crippen LogP) is 7.37. The maximum absolute atomic E-state index is 13.0. The normalized spacial score (nSPS) is 14.2. The third-order valence-corrected chi connectivity index (χ3v) is 7.84. The van der Waals surface area contributed by atoms with Crippen LogP contribution in [0.4, 0.5) is 10.5 Å². The summed E-state index contributed by atoms with van der Waals surface area (Å²) in [5.41, 5.74) is 2.08. The number of thioether (sulfide) groups is 2. The molecule has 202 valence electrons. The summed E-state index contributed by atoms with van der Waals surface area (Å²) in [6, 6.07) is 17.8. The van der Waals surface area contributed by atoms with Crippen LogP contribution in [0.25, 0.3) is 6.08 Å². The fraction of sp³-hybridized carbons (Fsp3) is 0.179. The molecule has 3 amide bonds. The van der Waals surface area contributed by atoms with Gasteiger partial charge in [-0.1, -0.05) is 41.4 Å². The molecule has 0 atom stereocenters. The lowest BCUT2D eigenvalue weighted by Crippen LogP contribution is -2.36. The van der Waals surface area contributed by atoms with Gasteiger partial charge in [0, 0.05) is 10.6 Å². The number of carbonyl (C=O) groups is 3. The average Bonchev–Trinajstić information content (AvgIpc) is 3.17. The zero-order valence-corrected chi connectivity index (χ0v) is 24.2. The lowest BCUT2D eigenvalue weighted by atomic mass is 10.1. The quantitative estimate of drug-likeness (QED) is 0.191. The molecule has 11 heteroatoms. The van der Waals surface area contributed by atoms with Crippen molar-refractivity contribution in [2.24, 2.45) is 0 Å². The first-order valence-corrected chi connectivity index (χ1v) is 14.6. The van der Waals surface area contributed by atoms with Crippen LogP contribution < -0.4 is 14.8 Å². The van der Waals surface area contributed by atoms with Gasteiger partial charge in [-0.25, -0.2) is 0 Å². The third kappa shape index (κ3) is 7.51. The highest BCUT2D eigenvalue weighted by Crippen LogP contribution is 2.35. The zero-order chi connectivity index (χ0) is 27.9. The molecule has 39 heavy (non-hydrogen) atoms. The van der Waals surface area contributed by atoms with Gasteiger partial charge in [0.25, 0.3) is 11.1 Å². The van der Waals surface area contributed by atoms with E-state index in [2.05, 4.69) is 5.32 Å². The van der Waals surface area contributed by atoms with Crippen LogP contribution >= 0.6 is 46.7 Å². The molecular weight excluding hydrogens is 579 g/mol. The highest BCUT2D eigenvalue weighted by atomic mass is 35.5. The smallest absolute Gasteiger partial charge is 0.294 e. The number of imide groups is 1. The van der Waals surface area contributed by atoms with Crippen LogP contribution in [-0.4, -0.2) is 41.4 Å². The van der Waals surface area contributed by atoms with Crippen molar-refractivity contribution >= 4 is 75.5 Å². The molecule has 1 aliphatic heterocycles. The fourth-order valence-corrected chi connectivity index (χ4v) is 5.24. The van der Waals surface area contributed by atoms with Crippen LogP contribution in [0.2, 0.25) is 10.0 Å². The highest BCUT2D eigenvalue weighted by Gasteiger charge is 2.36. The van der Waals surface area contributed by atoms with Gasteiger partial charge in [-0.2, -0.15) is 0 Å². The highest BCUT2D eigenvalue weighted by molar-refractivity contribution is 8.18. The monoisotopic (exact) mass is 602 g/mol. The van der Waals surface area contributed by atoms with Gasteiger partial charge in [0.05, 0.1) is 21.6 Å². The van der Waals surface area contributed by atoms with E-state index in [9.17, 15) is 14.4 Å². The van der Waals surface area contributed by atoms with Gasteiger partial charge >= 0.3 is 0 Å². The zero-order valence-electron chi connectivity index (χ0n) is 21.0. The lowest BCUT2D eigenvalue weighted by molar-refractivity contribution is -0.127. The van der Waals surface area contributed by atoms with Crippen molar-refractivity contribution in [2.45, 2.75) is 18.4 Å². The Bertz CT molecular complexity index is 1450. The summed E-state index contributed by atoms with van der Waals surface area (Å²) in [4.78, 5) is 40.2. The third-order valence-electron chi connectivity index (χ3n) is 5.47. The summed E-state index contributed by atoms with van der Waals surface area (Å²) in [6.07, 6.45) is 3.53. The molecule has 1 fully saturated rings. The topological polar surface area (TPSA) is 84.9 Å². The molecule has 0 aliphatic carbocycles. The summed E-state index contributed by atoms with van der Waals surface area (Å²) < 4.78 is 11.7. The number of hydrogen-bond donors (Lipinski definition) is 1. The van der Waals surface area contributed by atoms with Crippen LogP contribution in [-0.2, 0) is 16.2 Å². The number of amides is 3. The first-order chi connectivity index (χ1) is 18.8. The summed E-state index contributed by atoms with van der Waals surface area (Å²) in [7, 11) is 0. The Balaban J connectivity index is 1.44. The van der Waals surface area contributed by atoms with E-state index in [0.717, 1.165) is 27.1 Å². The Hall–Kier alpha value is -3.11. The minimum atomic E-state index is -0.532. The molecule has 4 rings (SSSR count). The molecule has 0 unspecified atom stereocenters. The minimum absolute atomic E-state index is 0.212. The number of ether oxygens (including phenoxy) is 2. The van der Waals surface area contributed by atoms with Crippen LogP contribution in [0.15, 0.2) is 70.5 Å². The Labute approximate surface area is 244 Å². The van der Waals surface area contributed by atoms with Crippen molar-refractivity contribution in [3.63, 3.8) is 0 Å². The van der Waals surface area contributed by atoms with Gasteiger partial charge in [0.1, 0.15) is 13.2 Å². The largest absolute Gasteiger partial charge is 0.490 e. The van der Waals surface area contributed by atoms with Gasteiger partial charge in [-0.3, -0.25) is 19.3 Å². The maximum atomic E-state index is 13.0. The van der Waals surface area contributed by atoms with Gasteiger partial charge in [0.2, 0.25) is 5.91 Å². The fourth-order valence-electron chi connectivity index (χ4n) is 3.63. The average molecular weight is 604 g/mol. The second-order valence-electron chi connectivity index (χ2n) is 8.22. The SMILES string of the molecule is CCOc1cc(/C=C2/SC(=O)N(CC(=O)Nc3cccc(SC)c3)C2=O)ccc1OCc1ccc(Cl)c(Cl)c1. The van der Waals surface area contributed by atoms with Crippen LogP contribution in [0.1, 0.15) is 18.1 Å². The van der Waals surface area contributed by atoms with E-state index < -0.39 is 17.1 Å². The van der Waals surface area contributed by atoms with Crippen molar-refractivity contribution in [3.05, 3.63) is 86.7 Å². The van der Waals surface area contributed by atoms with E-state index in [4.69, 9.17) is 32.7 Å². The molecule has 1 saturated heterocycles. The molecule has 0 spiro atoms. The van der Waals surface area contributed by atoms with Crippen molar-refractivity contribution in [1.29, 1.82) is 0 Å². The Morgan fingerprint density at radius 3 is 2.59 bits per heavy atom. The number of halogens is 2. The van der Waals surface area contributed by atoms with Crippen LogP contribution in [0, 0.1) is 0 Å². The predicted molar refractivity (Wildman–Crippen MR) is 158 cm³/mol. The number of nitrogens with zero attached hydrogens (tertiary/aromatic N) is 1. The molecule has 0 aromatic heterocycles. The molecule has 7 nitrogen and oxygen atoms in total. The molecule has 0 radical (unpaired) electrons. The molecule has 0 bridgehead atoms. The second-order valence-corrected chi connectivity index (χ2v) is 10.9. The van der Waals surface area contributed by atoms with E-state index in [-0.39, 0.29) is 18.1 Å². The standard InChI is InChI=1S/C28H24Cl2N2O5S2/c1-3-36-24-12-17(8-10-23(24)37-16-18-7-9-21(29)22(30)11-18)13-25-27(34)32(28(35)39-25)15-26(33)31-19-5-4-6-20(14-19)38-2/h4-14H,3,15-16H2,1-2H3,(H,31,33)/b25-13+. The number of hydrogen-bond acceptors (Lipinski definition) is 7. The van der Waals surface area contributed by atoms with E-state index >= 15 is 0 Å². The van der Waals surface area contributed by atoms with Gasteiger partial charge in [-0.05, 0) is 84.6 Å². The number of benzene rings is 3. The molecular formula is C28H24Cl2N2O5S2. The molecule has 1 heterocycles. The Kier molecular flexibility index (Phi) is 9.85. The Morgan fingerprint density at radius 1 is 1.03 bits per heavy atom. The molecule has 1 N–H and O–H groups in total. The van der Waals surface area contributed by atoms with E-state index in [0.29, 0.717) is 39.4 Å².